The van der Waals surface area contributed by atoms with Gasteiger partial charge in [0.25, 0.3) is 0 Å². The van der Waals surface area contributed by atoms with Crippen molar-refractivity contribution in [1.82, 2.24) is 10.3 Å². The quantitative estimate of drug-likeness (QED) is 0.886. The summed E-state index contributed by atoms with van der Waals surface area (Å²) < 4.78 is 0. The first kappa shape index (κ1) is 14.0. The van der Waals surface area contributed by atoms with Gasteiger partial charge >= 0.3 is 0 Å². The third-order valence-corrected chi connectivity index (χ3v) is 4.02. The molecular formula is C16H22N2O. The zero-order chi connectivity index (χ0) is 14.1. The van der Waals surface area contributed by atoms with Crippen LogP contribution in [0.5, 0.6) is 0 Å². The molecule has 1 aromatic heterocycles. The Balaban J connectivity index is 2.23. The molecule has 0 aliphatic rings. The van der Waals surface area contributed by atoms with Gasteiger partial charge in [-0.3, -0.25) is 4.98 Å². The standard InChI is InChI=1S/C16H22N2O/c1-15(2,16(3,4)19)18-11-13-7-5-6-12-10-17-9-8-14(12)13/h5-10,18-19H,11H2,1-4H3. The molecule has 1 aromatic carbocycles. The molecule has 0 bridgehead atoms. The minimum Gasteiger partial charge on any atom is -0.389 e. The fourth-order valence-corrected chi connectivity index (χ4v) is 1.88. The summed E-state index contributed by atoms with van der Waals surface area (Å²) >= 11 is 0. The van der Waals surface area contributed by atoms with E-state index < -0.39 is 5.60 Å². The van der Waals surface area contributed by atoms with Crippen molar-refractivity contribution in [1.29, 1.82) is 0 Å². The molecule has 3 nitrogen and oxygen atoms in total. The fourth-order valence-electron chi connectivity index (χ4n) is 1.88. The summed E-state index contributed by atoms with van der Waals surface area (Å²) in [7, 11) is 0. The molecular weight excluding hydrogens is 236 g/mol. The summed E-state index contributed by atoms with van der Waals surface area (Å²) in [6.45, 7) is 8.40. The second-order valence-corrected chi connectivity index (χ2v) is 6.05. The summed E-state index contributed by atoms with van der Waals surface area (Å²) in [5.41, 5.74) is 0.0821. The van der Waals surface area contributed by atoms with E-state index >= 15 is 0 Å². The maximum absolute atomic E-state index is 10.2. The molecule has 0 amide bonds. The maximum Gasteiger partial charge on any atom is 0.0767 e. The fraction of sp³-hybridized carbons (Fsp3) is 0.438. The normalized spacial score (nSPS) is 12.9. The van der Waals surface area contributed by atoms with Gasteiger partial charge in [0, 0.05) is 29.9 Å². The Hall–Kier alpha value is -1.45. The van der Waals surface area contributed by atoms with Gasteiger partial charge in [-0.2, -0.15) is 0 Å². The minimum atomic E-state index is -0.779. The van der Waals surface area contributed by atoms with Crippen molar-refractivity contribution in [3.05, 3.63) is 42.2 Å². The van der Waals surface area contributed by atoms with Crippen molar-refractivity contribution >= 4 is 10.8 Å². The van der Waals surface area contributed by atoms with Gasteiger partial charge in [-0.1, -0.05) is 18.2 Å². The average Bonchev–Trinajstić information content (AvgIpc) is 2.35. The van der Waals surface area contributed by atoms with Crippen molar-refractivity contribution < 1.29 is 5.11 Å². The van der Waals surface area contributed by atoms with E-state index in [4.69, 9.17) is 0 Å². The van der Waals surface area contributed by atoms with E-state index in [0.717, 1.165) is 11.9 Å². The second kappa shape index (κ2) is 4.91. The van der Waals surface area contributed by atoms with Gasteiger partial charge in [0.15, 0.2) is 0 Å². The lowest BCUT2D eigenvalue weighted by Crippen LogP contribution is -2.55. The van der Waals surface area contributed by atoms with E-state index in [-0.39, 0.29) is 5.54 Å². The second-order valence-electron chi connectivity index (χ2n) is 6.05. The zero-order valence-electron chi connectivity index (χ0n) is 12.1. The van der Waals surface area contributed by atoms with Gasteiger partial charge in [-0.15, -0.1) is 0 Å². The van der Waals surface area contributed by atoms with Crippen LogP contribution in [0.4, 0.5) is 0 Å². The summed E-state index contributed by atoms with van der Waals surface area (Å²) in [6.07, 6.45) is 3.69. The number of nitrogens with zero attached hydrogens (tertiary/aromatic N) is 1. The third kappa shape index (κ3) is 2.94. The Bertz CT molecular complexity index is 565. The van der Waals surface area contributed by atoms with Crippen LogP contribution < -0.4 is 5.32 Å². The largest absolute Gasteiger partial charge is 0.389 e. The highest BCUT2D eigenvalue weighted by Crippen LogP contribution is 2.23. The number of nitrogens with one attached hydrogen (secondary N) is 1. The average molecular weight is 258 g/mol. The molecule has 0 unspecified atom stereocenters. The number of rotatable bonds is 4. The smallest absolute Gasteiger partial charge is 0.0767 e. The van der Waals surface area contributed by atoms with Crippen molar-refractivity contribution in [3.8, 4) is 0 Å². The van der Waals surface area contributed by atoms with Crippen molar-refractivity contribution in [2.45, 2.75) is 45.4 Å². The molecule has 0 atom stereocenters. The molecule has 3 heteroatoms. The monoisotopic (exact) mass is 258 g/mol. The Morgan fingerprint density at radius 2 is 1.89 bits per heavy atom. The Morgan fingerprint density at radius 1 is 1.16 bits per heavy atom. The molecule has 0 fully saturated rings. The molecule has 0 aliphatic heterocycles. The summed E-state index contributed by atoms with van der Waals surface area (Å²) in [5.74, 6) is 0. The SMILES string of the molecule is CC(C)(O)C(C)(C)NCc1cccc2cnccc12. The number of hydrogen-bond donors (Lipinski definition) is 2. The predicted octanol–water partition coefficient (Wildman–Crippen LogP) is 2.87. The van der Waals surface area contributed by atoms with E-state index in [9.17, 15) is 5.11 Å². The van der Waals surface area contributed by atoms with Gasteiger partial charge in [0.05, 0.1) is 5.60 Å². The van der Waals surface area contributed by atoms with Crippen LogP contribution in [0.3, 0.4) is 0 Å². The topological polar surface area (TPSA) is 45.1 Å². The summed E-state index contributed by atoms with van der Waals surface area (Å²) in [5, 5.41) is 15.9. The maximum atomic E-state index is 10.2. The summed E-state index contributed by atoms with van der Waals surface area (Å²) in [4.78, 5) is 4.14. The van der Waals surface area contributed by atoms with Gasteiger partial charge in [0.1, 0.15) is 0 Å². The molecule has 2 N–H and O–H groups in total. The first-order valence-corrected chi connectivity index (χ1v) is 6.60. The third-order valence-electron chi connectivity index (χ3n) is 4.02. The van der Waals surface area contributed by atoms with E-state index in [0.29, 0.717) is 0 Å². The van der Waals surface area contributed by atoms with Gasteiger partial charge in [-0.25, -0.2) is 0 Å². The van der Waals surface area contributed by atoms with E-state index in [1.54, 1.807) is 0 Å². The van der Waals surface area contributed by atoms with Crippen LogP contribution in [0.1, 0.15) is 33.3 Å². The number of aromatic nitrogens is 1. The molecule has 0 radical (unpaired) electrons. The molecule has 19 heavy (non-hydrogen) atoms. The van der Waals surface area contributed by atoms with Crippen LogP contribution >= 0.6 is 0 Å². The molecule has 2 aromatic rings. The van der Waals surface area contributed by atoms with Gasteiger partial charge in [-0.05, 0) is 44.7 Å². The Kier molecular flexibility index (Phi) is 3.61. The Morgan fingerprint density at radius 3 is 2.58 bits per heavy atom. The van der Waals surface area contributed by atoms with Crippen molar-refractivity contribution in [2.24, 2.45) is 0 Å². The van der Waals surface area contributed by atoms with Gasteiger partial charge in [0.2, 0.25) is 0 Å². The first-order valence-electron chi connectivity index (χ1n) is 6.60. The van der Waals surface area contributed by atoms with Crippen LogP contribution in [0.2, 0.25) is 0 Å². The van der Waals surface area contributed by atoms with Crippen LogP contribution in [0, 0.1) is 0 Å². The van der Waals surface area contributed by atoms with Crippen LogP contribution in [0.15, 0.2) is 36.7 Å². The zero-order valence-corrected chi connectivity index (χ0v) is 12.1. The number of benzene rings is 1. The molecule has 2 rings (SSSR count). The lowest BCUT2D eigenvalue weighted by Gasteiger charge is -2.38. The molecule has 0 saturated heterocycles. The minimum absolute atomic E-state index is 0.359. The lowest BCUT2D eigenvalue weighted by atomic mass is 9.86. The van der Waals surface area contributed by atoms with Crippen LogP contribution in [-0.2, 0) is 6.54 Å². The lowest BCUT2D eigenvalue weighted by molar-refractivity contribution is -0.00527. The highest BCUT2D eigenvalue weighted by atomic mass is 16.3. The van der Waals surface area contributed by atoms with E-state index in [1.165, 1.54) is 10.9 Å². The van der Waals surface area contributed by atoms with Crippen LogP contribution in [0.25, 0.3) is 10.8 Å². The van der Waals surface area contributed by atoms with Crippen molar-refractivity contribution in [2.75, 3.05) is 0 Å². The summed E-state index contributed by atoms with van der Waals surface area (Å²) in [6, 6.07) is 8.24. The molecule has 0 saturated carbocycles. The highest BCUT2D eigenvalue weighted by Gasteiger charge is 2.34. The van der Waals surface area contributed by atoms with E-state index in [2.05, 4.69) is 22.4 Å². The highest BCUT2D eigenvalue weighted by molar-refractivity contribution is 5.84. The van der Waals surface area contributed by atoms with Gasteiger partial charge < -0.3 is 10.4 Å². The first-order chi connectivity index (χ1) is 8.81. The van der Waals surface area contributed by atoms with Crippen LogP contribution in [-0.4, -0.2) is 21.2 Å². The number of aliphatic hydroxyl groups is 1. The van der Waals surface area contributed by atoms with Crippen molar-refractivity contribution in [3.63, 3.8) is 0 Å². The Labute approximate surface area is 114 Å². The number of fused-ring (bicyclic) bond motifs is 1. The molecule has 1 heterocycles. The van der Waals surface area contributed by atoms with E-state index in [1.807, 2.05) is 52.2 Å². The molecule has 0 spiro atoms. The predicted molar refractivity (Wildman–Crippen MR) is 79.0 cm³/mol. The number of hydrogen-bond acceptors (Lipinski definition) is 3. The number of pyridine rings is 1. The molecule has 102 valence electrons. The molecule has 0 aliphatic carbocycles.